The second-order valence-electron chi connectivity index (χ2n) is 7.36. The van der Waals surface area contributed by atoms with Crippen LogP contribution < -0.4 is 0 Å². The van der Waals surface area contributed by atoms with E-state index in [9.17, 15) is 0 Å². The van der Waals surface area contributed by atoms with Crippen LogP contribution in [0.3, 0.4) is 0 Å². The van der Waals surface area contributed by atoms with Crippen molar-refractivity contribution in [2.24, 2.45) is 35.5 Å². The Morgan fingerprint density at radius 1 is 0.609 bits per heavy atom. The lowest BCUT2D eigenvalue weighted by molar-refractivity contribution is 0.272. The van der Waals surface area contributed by atoms with Gasteiger partial charge in [-0.15, -0.1) is 0 Å². The van der Waals surface area contributed by atoms with Gasteiger partial charge in [0.2, 0.25) is 0 Å². The van der Waals surface area contributed by atoms with E-state index in [0.717, 1.165) is 12.3 Å². The molecule has 23 heavy (non-hydrogen) atoms. The van der Waals surface area contributed by atoms with Crippen molar-refractivity contribution >= 4 is 0 Å². The molecule has 0 heterocycles. The van der Waals surface area contributed by atoms with Crippen LogP contribution in [0, 0.1) is 58.2 Å². The number of hydrogen-bond acceptors (Lipinski definition) is 2. The van der Waals surface area contributed by atoms with E-state index in [1.54, 1.807) is 0 Å². The van der Waals surface area contributed by atoms with Gasteiger partial charge in [-0.05, 0) is 41.9 Å². The Morgan fingerprint density at radius 3 is 1.13 bits per heavy atom. The molecule has 2 nitrogen and oxygen atoms in total. The van der Waals surface area contributed by atoms with Crippen molar-refractivity contribution < 1.29 is 0 Å². The van der Waals surface area contributed by atoms with Gasteiger partial charge in [-0.3, -0.25) is 0 Å². The third kappa shape index (κ3) is 15.6. The molecule has 0 aliphatic rings. The fourth-order valence-electron chi connectivity index (χ4n) is 3.01. The van der Waals surface area contributed by atoms with Gasteiger partial charge in [0.25, 0.3) is 0 Å². The summed E-state index contributed by atoms with van der Waals surface area (Å²) in [5, 5.41) is 16.9. The maximum absolute atomic E-state index is 8.48. The predicted octanol–water partition coefficient (Wildman–Crippen LogP) is 7.32. The molecule has 0 atom stereocenters. The first kappa shape index (κ1) is 29.9. The number of nitriles is 2. The quantitative estimate of drug-likeness (QED) is 0.492. The molecular formula is C21H44N2. The average Bonchev–Trinajstić information content (AvgIpc) is 2.35. The fraction of sp³-hybridized carbons (Fsp3) is 0.905. The molecule has 0 bridgehead atoms. The lowest BCUT2D eigenvalue weighted by atomic mass is 9.82. The third-order valence-corrected chi connectivity index (χ3v) is 4.34. The van der Waals surface area contributed by atoms with Crippen LogP contribution >= 0.6 is 0 Å². The van der Waals surface area contributed by atoms with E-state index in [1.165, 1.54) is 0 Å². The van der Waals surface area contributed by atoms with Gasteiger partial charge in [0.05, 0.1) is 12.1 Å². The molecule has 0 aromatic rings. The first-order valence-corrected chi connectivity index (χ1v) is 8.42. The topological polar surface area (TPSA) is 47.6 Å². The molecule has 0 amide bonds. The molecule has 0 saturated carbocycles. The molecule has 0 fully saturated rings. The van der Waals surface area contributed by atoms with Gasteiger partial charge in [-0.25, -0.2) is 0 Å². The van der Waals surface area contributed by atoms with E-state index in [4.69, 9.17) is 10.5 Å². The lowest BCUT2D eigenvalue weighted by Crippen LogP contribution is -2.15. The highest BCUT2D eigenvalue weighted by Crippen LogP contribution is 2.25. The normalized spacial score (nSPS) is 10.1. The smallest absolute Gasteiger partial charge is 0.0624 e. The van der Waals surface area contributed by atoms with Gasteiger partial charge >= 0.3 is 0 Å². The van der Waals surface area contributed by atoms with Crippen LogP contribution in [0.25, 0.3) is 0 Å². The molecule has 0 aromatic carbocycles. The predicted molar refractivity (Wildman–Crippen MR) is 105 cm³/mol. The van der Waals surface area contributed by atoms with Crippen LogP contribution in [0.15, 0.2) is 0 Å². The van der Waals surface area contributed by atoms with E-state index in [0.29, 0.717) is 42.4 Å². The SMILES string of the molecule is C.C.CC(C)C(CC#N)C(C)C.CC(C)C(CCC#N)C(C)C. The Bertz CT molecular complexity index is 300. The van der Waals surface area contributed by atoms with Crippen molar-refractivity contribution in [2.75, 3.05) is 0 Å². The van der Waals surface area contributed by atoms with Crippen molar-refractivity contribution in [2.45, 2.75) is 89.5 Å². The second-order valence-corrected chi connectivity index (χ2v) is 7.36. The van der Waals surface area contributed by atoms with Gasteiger partial charge in [0.15, 0.2) is 0 Å². The first-order valence-electron chi connectivity index (χ1n) is 8.42. The van der Waals surface area contributed by atoms with Gasteiger partial charge in [0, 0.05) is 12.8 Å². The Labute approximate surface area is 148 Å². The van der Waals surface area contributed by atoms with E-state index >= 15 is 0 Å². The molecule has 0 radical (unpaired) electrons. The molecule has 0 aromatic heterocycles. The van der Waals surface area contributed by atoms with E-state index in [-0.39, 0.29) is 14.9 Å². The van der Waals surface area contributed by atoms with Crippen molar-refractivity contribution in [3.05, 3.63) is 0 Å². The average molecular weight is 325 g/mol. The van der Waals surface area contributed by atoms with Crippen molar-refractivity contribution in [1.29, 1.82) is 10.5 Å². The van der Waals surface area contributed by atoms with Gasteiger partial charge < -0.3 is 0 Å². The molecule has 138 valence electrons. The minimum absolute atomic E-state index is 0. The Morgan fingerprint density at radius 2 is 0.957 bits per heavy atom. The van der Waals surface area contributed by atoms with Crippen LogP contribution in [0.2, 0.25) is 0 Å². The maximum Gasteiger partial charge on any atom is 0.0624 e. The van der Waals surface area contributed by atoms with Gasteiger partial charge in [0.1, 0.15) is 0 Å². The Hall–Kier alpha value is -1.02. The second kappa shape index (κ2) is 17.3. The lowest BCUT2D eigenvalue weighted by Gasteiger charge is -2.23. The zero-order valence-corrected chi connectivity index (χ0v) is 15.5. The monoisotopic (exact) mass is 324 g/mol. The summed E-state index contributed by atoms with van der Waals surface area (Å²) in [5.41, 5.74) is 0. The molecule has 0 rings (SSSR count). The van der Waals surface area contributed by atoms with Crippen LogP contribution in [0.1, 0.15) is 89.5 Å². The molecule has 0 spiro atoms. The molecule has 0 aliphatic carbocycles. The Balaban J connectivity index is -0.000000145. The van der Waals surface area contributed by atoms with Gasteiger partial charge in [-0.2, -0.15) is 10.5 Å². The zero-order chi connectivity index (χ0) is 17.0. The minimum atomic E-state index is 0. The standard InChI is InChI=1S/C10H19N.C9H17N.2CH4/c1-8(2)10(9(3)4)6-5-7-11;1-7(2)9(5-6-10)8(3)4;;/h8-10H,5-6H2,1-4H3;7-9H,5H2,1-4H3;2*1H4. The highest BCUT2D eigenvalue weighted by atomic mass is 14.3. The number of nitrogens with zero attached hydrogens (tertiary/aromatic N) is 2. The molecule has 2 heteroatoms. The van der Waals surface area contributed by atoms with E-state index < -0.39 is 0 Å². The van der Waals surface area contributed by atoms with Crippen molar-refractivity contribution in [1.82, 2.24) is 0 Å². The molecule has 0 N–H and O–H groups in total. The summed E-state index contributed by atoms with van der Waals surface area (Å²) in [6.07, 6.45) is 2.47. The minimum Gasteiger partial charge on any atom is -0.198 e. The summed E-state index contributed by atoms with van der Waals surface area (Å²) in [7, 11) is 0. The largest absolute Gasteiger partial charge is 0.198 e. The zero-order valence-electron chi connectivity index (χ0n) is 15.5. The summed E-state index contributed by atoms with van der Waals surface area (Å²) in [6, 6.07) is 4.44. The number of rotatable bonds is 7. The summed E-state index contributed by atoms with van der Waals surface area (Å²) < 4.78 is 0. The van der Waals surface area contributed by atoms with Crippen molar-refractivity contribution in [3.63, 3.8) is 0 Å². The van der Waals surface area contributed by atoms with Crippen LogP contribution in [0.5, 0.6) is 0 Å². The van der Waals surface area contributed by atoms with Crippen LogP contribution in [0.4, 0.5) is 0 Å². The summed E-state index contributed by atoms with van der Waals surface area (Å²) in [4.78, 5) is 0. The van der Waals surface area contributed by atoms with Crippen molar-refractivity contribution in [3.8, 4) is 12.1 Å². The highest BCUT2D eigenvalue weighted by molar-refractivity contribution is 4.79. The van der Waals surface area contributed by atoms with Gasteiger partial charge in [-0.1, -0.05) is 70.2 Å². The maximum atomic E-state index is 8.48. The summed E-state index contributed by atoms with van der Waals surface area (Å²) in [6.45, 7) is 17.7. The molecular weight excluding hydrogens is 280 g/mol. The van der Waals surface area contributed by atoms with Crippen LogP contribution in [-0.2, 0) is 0 Å². The van der Waals surface area contributed by atoms with E-state index in [1.807, 2.05) is 0 Å². The van der Waals surface area contributed by atoms with Crippen LogP contribution in [-0.4, -0.2) is 0 Å². The van der Waals surface area contributed by atoms with E-state index in [2.05, 4.69) is 67.5 Å². The number of hydrogen-bond donors (Lipinski definition) is 0. The summed E-state index contributed by atoms with van der Waals surface area (Å²) in [5.74, 6) is 3.99. The first-order chi connectivity index (χ1) is 9.68. The molecule has 0 aliphatic heterocycles. The highest BCUT2D eigenvalue weighted by Gasteiger charge is 2.16. The summed E-state index contributed by atoms with van der Waals surface area (Å²) >= 11 is 0. The Kier molecular flexibility index (Phi) is 22.6. The third-order valence-electron chi connectivity index (χ3n) is 4.34. The fourth-order valence-corrected chi connectivity index (χ4v) is 3.01. The molecule has 0 unspecified atom stereocenters. The molecule has 0 saturated heterocycles.